The minimum absolute atomic E-state index is 0.0928. The Morgan fingerprint density at radius 3 is 2.32 bits per heavy atom. The van der Waals surface area contributed by atoms with E-state index < -0.39 is 39.3 Å². The highest BCUT2D eigenvalue weighted by atomic mass is 32.2. The van der Waals surface area contributed by atoms with Gasteiger partial charge in [-0.25, -0.2) is 13.1 Å². The van der Waals surface area contributed by atoms with Crippen molar-refractivity contribution in [3.63, 3.8) is 0 Å². The summed E-state index contributed by atoms with van der Waals surface area (Å²) in [6.45, 7) is 5.75. The maximum Gasteiger partial charge on any atom is 0.306 e. The molecule has 0 radical (unpaired) electrons. The Morgan fingerprint density at radius 2 is 1.68 bits per heavy atom. The van der Waals surface area contributed by atoms with E-state index in [1.54, 1.807) is 55.7 Å². The van der Waals surface area contributed by atoms with Gasteiger partial charge in [-0.3, -0.25) is 9.59 Å². The third-order valence-electron chi connectivity index (χ3n) is 8.15. The van der Waals surface area contributed by atoms with E-state index in [9.17, 15) is 18.0 Å². The zero-order valence-electron chi connectivity index (χ0n) is 23.7. The second-order valence-electron chi connectivity index (χ2n) is 12.5. The number of sulfonamides is 1. The highest BCUT2D eigenvalue weighted by molar-refractivity contribution is 7.89. The molecule has 0 atom stereocenters. The summed E-state index contributed by atoms with van der Waals surface area (Å²) in [6.07, 6.45) is 5.93. The molecule has 2 saturated carbocycles. The van der Waals surface area contributed by atoms with Gasteiger partial charge in [0.2, 0.25) is 16.0 Å². The van der Waals surface area contributed by atoms with Gasteiger partial charge in [-0.15, -0.1) is 0 Å². The lowest BCUT2D eigenvalue weighted by atomic mass is 9.80. The fraction of sp³-hybridized carbons (Fsp3) is 0.484. The molecule has 3 N–H and O–H groups in total. The average Bonchev–Trinajstić information content (AvgIpc) is 3.19. The molecule has 2 aliphatic rings. The van der Waals surface area contributed by atoms with Gasteiger partial charge in [0, 0.05) is 29.1 Å². The zero-order valence-corrected chi connectivity index (χ0v) is 24.6. The van der Waals surface area contributed by atoms with Crippen LogP contribution in [-0.4, -0.2) is 41.5 Å². The van der Waals surface area contributed by atoms with E-state index in [1.807, 2.05) is 12.1 Å². The van der Waals surface area contributed by atoms with Crippen molar-refractivity contribution >= 4 is 32.7 Å². The monoisotopic (exact) mass is 583 g/mol. The van der Waals surface area contributed by atoms with Crippen molar-refractivity contribution < 1.29 is 27.5 Å². The summed E-state index contributed by atoms with van der Waals surface area (Å²) >= 11 is 0. The molecule has 1 aromatic heterocycles. The third-order valence-corrected chi connectivity index (χ3v) is 9.97. The number of aliphatic carboxylic acids is 1. The first kappa shape index (κ1) is 29.3. The highest BCUT2D eigenvalue weighted by Gasteiger charge is 2.36. The molecule has 220 valence electrons. The lowest BCUT2D eigenvalue weighted by Gasteiger charge is -2.32. The van der Waals surface area contributed by atoms with Gasteiger partial charge in [0.05, 0.1) is 22.1 Å². The number of halogens is 1. The van der Waals surface area contributed by atoms with Crippen LogP contribution in [0.3, 0.4) is 0 Å². The first-order valence-electron chi connectivity index (χ1n) is 14.3. The first-order valence-corrected chi connectivity index (χ1v) is 15.8. The molecular formula is C31H38FN3O5S. The van der Waals surface area contributed by atoms with Crippen LogP contribution in [0, 0.1) is 17.8 Å². The van der Waals surface area contributed by atoms with Crippen molar-refractivity contribution in [1.29, 1.82) is 0 Å². The summed E-state index contributed by atoms with van der Waals surface area (Å²) in [4.78, 5) is 24.5. The molecule has 2 fully saturated rings. The molecule has 0 aliphatic heterocycles. The van der Waals surface area contributed by atoms with Crippen LogP contribution in [0.2, 0.25) is 0 Å². The number of carboxylic acid groups (broad SMARTS) is 1. The van der Waals surface area contributed by atoms with Gasteiger partial charge in [-0.2, -0.15) is 4.39 Å². The normalized spacial score (nSPS) is 20.1. The third kappa shape index (κ3) is 6.18. The number of hydrogen-bond donors (Lipinski definition) is 3. The van der Waals surface area contributed by atoms with E-state index >= 15 is 4.39 Å². The summed E-state index contributed by atoms with van der Waals surface area (Å²) in [5, 5.41) is 13.1. The number of amides is 1. The number of carbonyl (C=O) groups is 2. The van der Waals surface area contributed by atoms with Gasteiger partial charge in [-0.1, -0.05) is 49.6 Å². The Labute approximate surface area is 240 Å². The van der Waals surface area contributed by atoms with Crippen molar-refractivity contribution in [2.75, 3.05) is 0 Å². The second kappa shape index (κ2) is 11.2. The smallest absolute Gasteiger partial charge is 0.306 e. The van der Waals surface area contributed by atoms with Crippen molar-refractivity contribution in [1.82, 2.24) is 14.6 Å². The average molecular weight is 584 g/mol. The summed E-state index contributed by atoms with van der Waals surface area (Å²) in [5.41, 5.74) is 0.381. The topological polar surface area (TPSA) is 118 Å². The zero-order chi connectivity index (χ0) is 29.5. The van der Waals surface area contributed by atoms with Gasteiger partial charge in [0.15, 0.2) is 0 Å². The molecule has 2 aliphatic carbocycles. The Hall–Kier alpha value is -3.24. The molecule has 0 unspecified atom stereocenters. The largest absolute Gasteiger partial charge is 0.481 e. The van der Waals surface area contributed by atoms with Crippen LogP contribution >= 0.6 is 0 Å². The SMILES string of the molecule is CC(C)(C)NS(=O)(=O)c1ccc(-c2cc(C(=O)N[C@H]3C[C@H](C(=O)O)C3)c(F)n2CC2CCCCC2)c2ccccc12. The molecular weight excluding hydrogens is 545 g/mol. The molecule has 0 spiro atoms. The first-order chi connectivity index (χ1) is 19.3. The summed E-state index contributed by atoms with van der Waals surface area (Å²) in [6, 6.07) is 11.6. The van der Waals surface area contributed by atoms with E-state index in [2.05, 4.69) is 10.0 Å². The molecule has 1 heterocycles. The second-order valence-corrected chi connectivity index (χ2v) is 14.2. The minimum Gasteiger partial charge on any atom is -0.481 e. The van der Waals surface area contributed by atoms with Crippen molar-refractivity contribution in [3.8, 4) is 11.3 Å². The number of hydrogen-bond acceptors (Lipinski definition) is 4. The summed E-state index contributed by atoms with van der Waals surface area (Å²) in [7, 11) is -3.85. The van der Waals surface area contributed by atoms with Gasteiger partial charge in [-0.05, 0) is 69.9 Å². The van der Waals surface area contributed by atoms with Crippen LogP contribution in [0.25, 0.3) is 22.0 Å². The molecule has 2 aromatic carbocycles. The van der Waals surface area contributed by atoms with Crippen LogP contribution < -0.4 is 10.0 Å². The number of carboxylic acids is 1. The minimum atomic E-state index is -3.85. The number of nitrogens with zero attached hydrogens (tertiary/aromatic N) is 1. The van der Waals surface area contributed by atoms with Gasteiger partial charge < -0.3 is 15.0 Å². The van der Waals surface area contributed by atoms with Gasteiger partial charge in [0.1, 0.15) is 0 Å². The van der Waals surface area contributed by atoms with E-state index in [-0.39, 0.29) is 22.4 Å². The highest BCUT2D eigenvalue weighted by Crippen LogP contribution is 2.37. The van der Waals surface area contributed by atoms with Crippen molar-refractivity contribution in [2.45, 2.75) is 88.7 Å². The Balaban J connectivity index is 1.57. The maximum absolute atomic E-state index is 16.1. The molecule has 3 aromatic rings. The van der Waals surface area contributed by atoms with Crippen molar-refractivity contribution in [2.24, 2.45) is 11.8 Å². The van der Waals surface area contributed by atoms with Crippen LogP contribution in [0.5, 0.6) is 0 Å². The van der Waals surface area contributed by atoms with Crippen LogP contribution in [0.1, 0.15) is 76.1 Å². The fourth-order valence-electron chi connectivity index (χ4n) is 6.10. The number of rotatable bonds is 8. The predicted octanol–water partition coefficient (Wildman–Crippen LogP) is 5.70. The fourth-order valence-corrected chi connectivity index (χ4v) is 7.73. The van der Waals surface area contributed by atoms with E-state index in [4.69, 9.17) is 5.11 Å². The quantitative estimate of drug-likeness (QED) is 0.315. The Kier molecular flexibility index (Phi) is 8.00. The van der Waals surface area contributed by atoms with Gasteiger partial charge in [0.25, 0.3) is 5.91 Å². The van der Waals surface area contributed by atoms with Crippen LogP contribution in [0.15, 0.2) is 47.4 Å². The predicted molar refractivity (Wildman–Crippen MR) is 156 cm³/mol. The molecule has 1 amide bonds. The van der Waals surface area contributed by atoms with E-state index in [1.165, 1.54) is 0 Å². The Bertz CT molecular complexity index is 1580. The molecule has 0 saturated heterocycles. The number of aromatic nitrogens is 1. The molecule has 5 rings (SSSR count). The number of benzene rings is 2. The van der Waals surface area contributed by atoms with E-state index in [0.717, 1.165) is 32.1 Å². The maximum atomic E-state index is 16.1. The Morgan fingerprint density at radius 1 is 1.02 bits per heavy atom. The standard InChI is InChI=1S/C31H38FN3O5S/c1-31(2,3)34-41(39,40)27-14-13-23(22-11-7-8-12-24(22)27)26-17-25(29(36)33-21-15-20(16-21)30(37)38)28(32)35(26)18-19-9-5-4-6-10-19/h7-8,11-14,17,19-21,34H,4-6,9-10,15-16,18H2,1-3H3,(H,33,36)(H,37,38)/t20-,21-. The summed E-state index contributed by atoms with van der Waals surface area (Å²) in [5.74, 6) is -2.32. The number of fused-ring (bicyclic) bond motifs is 1. The van der Waals surface area contributed by atoms with Crippen LogP contribution in [0.4, 0.5) is 4.39 Å². The number of carbonyl (C=O) groups excluding carboxylic acids is 1. The molecule has 41 heavy (non-hydrogen) atoms. The van der Waals surface area contributed by atoms with Crippen molar-refractivity contribution in [3.05, 3.63) is 54.0 Å². The van der Waals surface area contributed by atoms with Crippen LogP contribution in [-0.2, 0) is 21.4 Å². The number of nitrogens with one attached hydrogen (secondary N) is 2. The summed E-state index contributed by atoms with van der Waals surface area (Å²) < 4.78 is 47.0. The lowest BCUT2D eigenvalue weighted by molar-refractivity contribution is -0.145. The lowest BCUT2D eigenvalue weighted by Crippen LogP contribution is -2.46. The molecule has 10 heteroatoms. The van der Waals surface area contributed by atoms with E-state index in [0.29, 0.717) is 41.4 Å². The van der Waals surface area contributed by atoms with Gasteiger partial charge >= 0.3 is 5.97 Å². The molecule has 0 bridgehead atoms. The molecule has 8 nitrogen and oxygen atoms in total.